The molecule has 2 aromatic heterocycles. The lowest BCUT2D eigenvalue weighted by atomic mass is 9.87. The van der Waals surface area contributed by atoms with E-state index in [0.717, 1.165) is 29.9 Å². The minimum atomic E-state index is 0.172. The Balaban J connectivity index is 1.61. The van der Waals surface area contributed by atoms with Crippen LogP contribution in [0.4, 0.5) is 5.82 Å². The lowest BCUT2D eigenvalue weighted by molar-refractivity contribution is 0.232. The zero-order chi connectivity index (χ0) is 18.3. The topological polar surface area (TPSA) is 48.1 Å². The Morgan fingerprint density at radius 3 is 2.73 bits per heavy atom. The maximum absolute atomic E-state index is 4.59. The summed E-state index contributed by atoms with van der Waals surface area (Å²) < 4.78 is 0. The van der Waals surface area contributed by atoms with Gasteiger partial charge in [0.1, 0.15) is 17.8 Å². The molecule has 1 N–H and O–H groups in total. The van der Waals surface area contributed by atoms with Crippen molar-refractivity contribution in [1.29, 1.82) is 0 Å². The molecule has 0 saturated carbocycles. The van der Waals surface area contributed by atoms with Crippen molar-refractivity contribution >= 4 is 16.9 Å². The van der Waals surface area contributed by atoms with E-state index >= 15 is 0 Å². The van der Waals surface area contributed by atoms with Crippen molar-refractivity contribution in [3.63, 3.8) is 0 Å². The molecule has 0 aliphatic carbocycles. The van der Waals surface area contributed by atoms with E-state index in [-0.39, 0.29) is 5.41 Å². The van der Waals surface area contributed by atoms with Gasteiger partial charge in [-0.25, -0.2) is 9.97 Å². The number of nitrogens with one attached hydrogen (secondary N) is 1. The van der Waals surface area contributed by atoms with Crippen LogP contribution >= 0.6 is 0 Å². The number of likely N-dealkylation sites (tertiary alicyclic amines) is 1. The SMILES string of the molecule is C[C@H](c1ccccc1)N1CC(N(C)c2ncnc3[nH]ccc23)C(C)(C)C1. The highest BCUT2D eigenvalue weighted by Gasteiger charge is 2.43. The number of fused-ring (bicyclic) bond motifs is 1. The van der Waals surface area contributed by atoms with Crippen molar-refractivity contribution < 1.29 is 0 Å². The van der Waals surface area contributed by atoms with Gasteiger partial charge in [0.25, 0.3) is 0 Å². The van der Waals surface area contributed by atoms with E-state index in [0.29, 0.717) is 12.1 Å². The van der Waals surface area contributed by atoms with Crippen molar-refractivity contribution in [2.75, 3.05) is 25.0 Å². The standard InChI is InChI=1S/C21H27N5/c1-15(16-8-6-5-7-9-16)26-12-18(21(2,3)13-26)25(4)20-17-10-11-22-19(17)23-14-24-20/h5-11,14-15,18H,12-13H2,1-4H3,(H,22,23,24)/t15-,18?/m1/s1. The third-order valence-corrected chi connectivity index (χ3v) is 5.88. The Morgan fingerprint density at radius 2 is 1.96 bits per heavy atom. The fraction of sp³-hybridized carbons (Fsp3) is 0.429. The number of nitrogens with zero attached hydrogens (tertiary/aromatic N) is 4. The number of rotatable bonds is 4. The first kappa shape index (κ1) is 17.0. The minimum Gasteiger partial charge on any atom is -0.354 e. The Morgan fingerprint density at radius 1 is 1.19 bits per heavy atom. The number of benzene rings is 1. The van der Waals surface area contributed by atoms with Crippen molar-refractivity contribution in [2.24, 2.45) is 5.41 Å². The molecule has 0 bridgehead atoms. The first-order valence-electron chi connectivity index (χ1n) is 9.27. The minimum absolute atomic E-state index is 0.172. The van der Waals surface area contributed by atoms with Gasteiger partial charge in [0.15, 0.2) is 0 Å². The normalized spacial score (nSPS) is 21.2. The van der Waals surface area contributed by atoms with Crippen LogP contribution in [0.25, 0.3) is 11.0 Å². The summed E-state index contributed by atoms with van der Waals surface area (Å²) in [5.74, 6) is 1.00. The molecule has 1 fully saturated rings. The number of aromatic nitrogens is 3. The van der Waals surface area contributed by atoms with Gasteiger partial charge in [0.05, 0.1) is 5.39 Å². The predicted octanol–water partition coefficient (Wildman–Crippen LogP) is 3.87. The molecule has 5 heteroatoms. The average Bonchev–Trinajstić information content (AvgIpc) is 3.24. The number of H-pyrrole nitrogens is 1. The molecule has 1 saturated heterocycles. The summed E-state index contributed by atoms with van der Waals surface area (Å²) in [5.41, 5.74) is 2.44. The van der Waals surface area contributed by atoms with E-state index in [1.807, 2.05) is 6.20 Å². The van der Waals surface area contributed by atoms with Crippen molar-refractivity contribution in [3.05, 3.63) is 54.5 Å². The Kier molecular flexibility index (Phi) is 4.19. The average molecular weight is 349 g/mol. The third-order valence-electron chi connectivity index (χ3n) is 5.88. The third kappa shape index (κ3) is 2.86. The molecule has 0 radical (unpaired) electrons. The molecule has 136 valence electrons. The van der Waals surface area contributed by atoms with Gasteiger partial charge in [-0.2, -0.15) is 0 Å². The molecule has 1 aliphatic heterocycles. The molecule has 1 unspecified atom stereocenters. The maximum Gasteiger partial charge on any atom is 0.142 e. The van der Waals surface area contributed by atoms with E-state index in [9.17, 15) is 0 Å². The van der Waals surface area contributed by atoms with Gasteiger partial charge in [-0.15, -0.1) is 0 Å². The maximum atomic E-state index is 4.59. The van der Waals surface area contributed by atoms with Crippen LogP contribution in [0, 0.1) is 5.41 Å². The first-order valence-corrected chi connectivity index (χ1v) is 9.27. The Bertz CT molecular complexity index is 886. The summed E-state index contributed by atoms with van der Waals surface area (Å²) in [6, 6.07) is 13.6. The fourth-order valence-corrected chi connectivity index (χ4v) is 4.33. The predicted molar refractivity (Wildman–Crippen MR) is 106 cm³/mol. The van der Waals surface area contributed by atoms with Gasteiger partial charge in [0.2, 0.25) is 0 Å². The van der Waals surface area contributed by atoms with Gasteiger partial charge in [-0.3, -0.25) is 4.90 Å². The van der Waals surface area contributed by atoms with Crippen LogP contribution in [0.5, 0.6) is 0 Å². The summed E-state index contributed by atoms with van der Waals surface area (Å²) in [6.45, 7) is 9.13. The number of aromatic amines is 1. The monoisotopic (exact) mass is 349 g/mol. The van der Waals surface area contributed by atoms with E-state index < -0.39 is 0 Å². The zero-order valence-electron chi connectivity index (χ0n) is 16.0. The molecule has 1 aromatic carbocycles. The van der Waals surface area contributed by atoms with Gasteiger partial charge in [-0.1, -0.05) is 44.2 Å². The van der Waals surface area contributed by atoms with Crippen LogP contribution in [0.15, 0.2) is 48.9 Å². The number of likely N-dealkylation sites (N-methyl/N-ethyl adjacent to an activating group) is 1. The van der Waals surface area contributed by atoms with Gasteiger partial charge < -0.3 is 9.88 Å². The van der Waals surface area contributed by atoms with Crippen LogP contribution in [-0.2, 0) is 0 Å². The van der Waals surface area contributed by atoms with Crippen LogP contribution in [-0.4, -0.2) is 46.0 Å². The quantitative estimate of drug-likeness (QED) is 0.777. The first-order chi connectivity index (χ1) is 12.5. The van der Waals surface area contributed by atoms with Gasteiger partial charge >= 0.3 is 0 Å². The molecular weight excluding hydrogens is 322 g/mol. The highest BCUT2D eigenvalue weighted by Crippen LogP contribution is 2.39. The van der Waals surface area contributed by atoms with Crippen LogP contribution in [0.2, 0.25) is 0 Å². The molecule has 0 spiro atoms. The van der Waals surface area contributed by atoms with E-state index in [2.05, 4.69) is 89.0 Å². The summed E-state index contributed by atoms with van der Waals surface area (Å²) in [7, 11) is 2.16. The molecule has 4 rings (SSSR count). The number of hydrogen-bond donors (Lipinski definition) is 1. The van der Waals surface area contributed by atoms with Crippen molar-refractivity contribution in [3.8, 4) is 0 Å². The van der Waals surface area contributed by atoms with Crippen molar-refractivity contribution in [1.82, 2.24) is 19.9 Å². The largest absolute Gasteiger partial charge is 0.354 e. The lowest BCUT2D eigenvalue weighted by Crippen LogP contribution is -2.43. The highest BCUT2D eigenvalue weighted by atomic mass is 15.3. The van der Waals surface area contributed by atoms with E-state index in [1.165, 1.54) is 5.56 Å². The van der Waals surface area contributed by atoms with Gasteiger partial charge in [-0.05, 0) is 24.0 Å². The second kappa shape index (κ2) is 6.40. The molecule has 3 aromatic rings. The Hall–Kier alpha value is -2.40. The Labute approximate surface area is 155 Å². The summed E-state index contributed by atoms with van der Waals surface area (Å²) >= 11 is 0. The molecule has 0 amide bonds. The molecule has 5 nitrogen and oxygen atoms in total. The second-order valence-electron chi connectivity index (χ2n) is 8.07. The van der Waals surface area contributed by atoms with E-state index in [1.54, 1.807) is 6.33 Å². The lowest BCUT2D eigenvalue weighted by Gasteiger charge is -2.34. The molecule has 3 heterocycles. The summed E-state index contributed by atoms with van der Waals surface area (Å²) in [4.78, 5) is 17.0. The number of hydrogen-bond acceptors (Lipinski definition) is 4. The summed E-state index contributed by atoms with van der Waals surface area (Å²) in [6.07, 6.45) is 3.58. The summed E-state index contributed by atoms with van der Waals surface area (Å²) in [5, 5.41) is 1.08. The van der Waals surface area contributed by atoms with Crippen LogP contribution < -0.4 is 4.90 Å². The van der Waals surface area contributed by atoms with Gasteiger partial charge in [0, 0.05) is 38.4 Å². The smallest absolute Gasteiger partial charge is 0.142 e. The fourth-order valence-electron chi connectivity index (χ4n) is 4.33. The molecule has 26 heavy (non-hydrogen) atoms. The second-order valence-corrected chi connectivity index (χ2v) is 8.07. The molecule has 1 aliphatic rings. The number of anilines is 1. The molecular formula is C21H27N5. The molecule has 2 atom stereocenters. The zero-order valence-corrected chi connectivity index (χ0v) is 16.0. The highest BCUT2D eigenvalue weighted by molar-refractivity contribution is 5.87. The van der Waals surface area contributed by atoms with Crippen molar-refractivity contribution in [2.45, 2.75) is 32.9 Å². The van der Waals surface area contributed by atoms with Crippen LogP contribution in [0.1, 0.15) is 32.4 Å². The van der Waals surface area contributed by atoms with Crippen LogP contribution in [0.3, 0.4) is 0 Å². The van der Waals surface area contributed by atoms with E-state index in [4.69, 9.17) is 0 Å².